The molecule has 3 aromatic rings. The maximum atomic E-state index is 13.1. The predicted octanol–water partition coefficient (Wildman–Crippen LogP) is 2.69. The van der Waals surface area contributed by atoms with E-state index in [4.69, 9.17) is 4.74 Å². The standard InChI is InChI=1S/C20H15N3O2S2/c1-3-25-16-6-4-15(5-7-16)23-19(24)18(10-17-13(2)8-9-26-17)27-20(23)14(11-21)12-22/h4-10H,3H2,1-2H3/b18-10+. The quantitative estimate of drug-likeness (QED) is 0.683. The lowest BCUT2D eigenvalue weighted by Crippen LogP contribution is -2.30. The Morgan fingerprint density at radius 3 is 2.48 bits per heavy atom. The number of ether oxygens (including phenoxy) is 1. The van der Waals surface area contributed by atoms with Crippen molar-refractivity contribution in [3.05, 3.63) is 65.7 Å². The van der Waals surface area contributed by atoms with E-state index in [1.165, 1.54) is 4.57 Å². The molecule has 1 aromatic carbocycles. The first kappa shape index (κ1) is 18.7. The van der Waals surface area contributed by atoms with Gasteiger partial charge in [-0.05, 0) is 61.2 Å². The number of hydrogen-bond donors (Lipinski definition) is 0. The molecule has 0 spiro atoms. The third-order valence-electron chi connectivity index (χ3n) is 3.83. The molecule has 3 rings (SSSR count). The zero-order chi connectivity index (χ0) is 19.4. The lowest BCUT2D eigenvalue weighted by molar-refractivity contribution is 0.340. The number of thiazole rings is 1. The second-order valence-corrected chi connectivity index (χ2v) is 7.53. The van der Waals surface area contributed by atoms with Crippen LogP contribution in [0.5, 0.6) is 5.75 Å². The van der Waals surface area contributed by atoms with Gasteiger partial charge in [-0.2, -0.15) is 10.5 Å². The zero-order valence-electron chi connectivity index (χ0n) is 14.7. The highest BCUT2D eigenvalue weighted by Crippen LogP contribution is 2.16. The first-order valence-corrected chi connectivity index (χ1v) is 9.84. The first-order valence-electron chi connectivity index (χ1n) is 8.14. The van der Waals surface area contributed by atoms with Crippen molar-refractivity contribution < 1.29 is 4.74 Å². The van der Waals surface area contributed by atoms with E-state index in [1.54, 1.807) is 35.6 Å². The molecule has 27 heavy (non-hydrogen) atoms. The largest absolute Gasteiger partial charge is 0.494 e. The minimum absolute atomic E-state index is 0.0893. The molecule has 0 atom stereocenters. The van der Waals surface area contributed by atoms with Crippen molar-refractivity contribution >= 4 is 34.3 Å². The van der Waals surface area contributed by atoms with Crippen LogP contribution in [0.3, 0.4) is 0 Å². The number of aromatic nitrogens is 1. The Morgan fingerprint density at radius 2 is 1.93 bits per heavy atom. The molecule has 0 radical (unpaired) electrons. The topological polar surface area (TPSA) is 78.8 Å². The fourth-order valence-corrected chi connectivity index (χ4v) is 4.48. The van der Waals surface area contributed by atoms with Gasteiger partial charge >= 0.3 is 0 Å². The summed E-state index contributed by atoms with van der Waals surface area (Å²) >= 11 is 2.69. The normalized spacial score (nSPS) is 11.0. The Bertz CT molecular complexity index is 1220. The molecule has 0 aliphatic rings. The molecule has 0 aliphatic heterocycles. The van der Waals surface area contributed by atoms with E-state index in [-0.39, 0.29) is 11.1 Å². The molecule has 7 heteroatoms. The maximum Gasteiger partial charge on any atom is 0.273 e. The van der Waals surface area contributed by atoms with Crippen LogP contribution in [0.2, 0.25) is 0 Å². The summed E-state index contributed by atoms with van der Waals surface area (Å²) in [4.78, 5) is 14.0. The van der Waals surface area contributed by atoms with Crippen LogP contribution in [0.15, 0.2) is 40.5 Å². The average molecular weight is 393 g/mol. The summed E-state index contributed by atoms with van der Waals surface area (Å²) in [6, 6.07) is 12.8. The van der Waals surface area contributed by atoms with Gasteiger partial charge in [-0.1, -0.05) is 0 Å². The molecule has 0 N–H and O–H groups in total. The van der Waals surface area contributed by atoms with Gasteiger partial charge in [-0.3, -0.25) is 9.36 Å². The third kappa shape index (κ3) is 3.70. The summed E-state index contributed by atoms with van der Waals surface area (Å²) in [5.41, 5.74) is 1.32. The number of benzene rings is 1. The second kappa shape index (κ2) is 8.05. The van der Waals surface area contributed by atoms with E-state index in [0.717, 1.165) is 21.8 Å². The molecule has 2 aromatic heterocycles. The number of nitriles is 2. The van der Waals surface area contributed by atoms with Crippen LogP contribution in [-0.2, 0) is 0 Å². The van der Waals surface area contributed by atoms with Gasteiger partial charge in [-0.25, -0.2) is 0 Å². The number of aryl methyl sites for hydroxylation is 1. The van der Waals surface area contributed by atoms with Crippen molar-refractivity contribution in [2.24, 2.45) is 0 Å². The summed E-state index contributed by atoms with van der Waals surface area (Å²) < 4.78 is 7.66. The van der Waals surface area contributed by atoms with Crippen LogP contribution in [-0.4, -0.2) is 11.2 Å². The fourth-order valence-electron chi connectivity index (χ4n) is 2.51. The summed E-state index contributed by atoms with van der Waals surface area (Å²) in [5.74, 6) is 0.692. The summed E-state index contributed by atoms with van der Waals surface area (Å²) in [6.45, 7) is 4.41. The highest BCUT2D eigenvalue weighted by molar-refractivity contribution is 7.11. The SMILES string of the molecule is CCOc1ccc(-n2c(=C(C#N)C#N)s/c(=C/c3sccc3C)c2=O)cc1. The van der Waals surface area contributed by atoms with E-state index in [0.29, 0.717) is 27.2 Å². The molecule has 0 saturated carbocycles. The Morgan fingerprint density at radius 1 is 1.22 bits per heavy atom. The van der Waals surface area contributed by atoms with Gasteiger partial charge in [-0.15, -0.1) is 22.7 Å². The minimum atomic E-state index is -0.255. The Labute approximate surface area is 163 Å². The van der Waals surface area contributed by atoms with Gasteiger partial charge in [0.15, 0.2) is 5.57 Å². The maximum absolute atomic E-state index is 13.1. The van der Waals surface area contributed by atoms with Gasteiger partial charge in [0.2, 0.25) is 0 Å². The van der Waals surface area contributed by atoms with E-state index in [1.807, 2.05) is 43.5 Å². The highest BCUT2D eigenvalue weighted by Gasteiger charge is 2.12. The van der Waals surface area contributed by atoms with Crippen molar-refractivity contribution in [1.29, 1.82) is 10.5 Å². The lowest BCUT2D eigenvalue weighted by atomic mass is 10.3. The molecule has 0 aliphatic carbocycles. The molecule has 0 saturated heterocycles. The van der Waals surface area contributed by atoms with Crippen molar-refractivity contribution in [3.63, 3.8) is 0 Å². The van der Waals surface area contributed by atoms with E-state index in [2.05, 4.69) is 0 Å². The summed E-state index contributed by atoms with van der Waals surface area (Å²) in [6.07, 6.45) is 1.81. The monoisotopic (exact) mass is 393 g/mol. The Kier molecular flexibility index (Phi) is 5.56. The molecule has 0 amide bonds. The van der Waals surface area contributed by atoms with Gasteiger partial charge in [0.25, 0.3) is 5.56 Å². The average Bonchev–Trinajstić information content (AvgIpc) is 3.21. The van der Waals surface area contributed by atoms with Crippen molar-refractivity contribution in [3.8, 4) is 23.6 Å². The van der Waals surface area contributed by atoms with Crippen LogP contribution in [0.25, 0.3) is 17.3 Å². The minimum Gasteiger partial charge on any atom is -0.494 e. The van der Waals surface area contributed by atoms with Gasteiger partial charge in [0.05, 0.1) is 16.8 Å². The van der Waals surface area contributed by atoms with Crippen molar-refractivity contribution in [1.82, 2.24) is 4.57 Å². The second-order valence-electron chi connectivity index (χ2n) is 5.55. The molecular weight excluding hydrogens is 378 g/mol. The van der Waals surface area contributed by atoms with Crippen molar-refractivity contribution in [2.75, 3.05) is 6.61 Å². The van der Waals surface area contributed by atoms with Gasteiger partial charge < -0.3 is 4.74 Å². The Balaban J connectivity index is 2.31. The highest BCUT2D eigenvalue weighted by atomic mass is 32.1. The van der Waals surface area contributed by atoms with Crippen LogP contribution < -0.4 is 19.5 Å². The summed E-state index contributed by atoms with van der Waals surface area (Å²) in [7, 11) is 0. The smallest absolute Gasteiger partial charge is 0.273 e. The molecule has 0 fully saturated rings. The van der Waals surface area contributed by atoms with E-state index in [9.17, 15) is 15.3 Å². The molecule has 0 unspecified atom stereocenters. The van der Waals surface area contributed by atoms with Crippen molar-refractivity contribution in [2.45, 2.75) is 13.8 Å². The third-order valence-corrected chi connectivity index (χ3v) is 5.89. The molecular formula is C20H15N3O2S2. The van der Waals surface area contributed by atoms with Crippen LogP contribution in [0, 0.1) is 29.6 Å². The van der Waals surface area contributed by atoms with E-state index < -0.39 is 0 Å². The number of hydrogen-bond acceptors (Lipinski definition) is 6. The first-order chi connectivity index (χ1) is 13.1. The molecule has 2 heterocycles. The fraction of sp³-hybridized carbons (Fsp3) is 0.150. The van der Waals surface area contributed by atoms with E-state index >= 15 is 0 Å². The van der Waals surface area contributed by atoms with Crippen LogP contribution in [0.4, 0.5) is 0 Å². The summed E-state index contributed by atoms with van der Waals surface area (Å²) in [5, 5.41) is 20.6. The lowest BCUT2D eigenvalue weighted by Gasteiger charge is -2.05. The molecule has 5 nitrogen and oxygen atoms in total. The van der Waals surface area contributed by atoms with Crippen LogP contribution in [0.1, 0.15) is 17.4 Å². The zero-order valence-corrected chi connectivity index (χ0v) is 16.4. The number of rotatable bonds is 4. The van der Waals surface area contributed by atoms with Gasteiger partial charge in [0, 0.05) is 4.88 Å². The van der Waals surface area contributed by atoms with Crippen LogP contribution >= 0.6 is 22.7 Å². The molecule has 0 bridgehead atoms. The predicted molar refractivity (Wildman–Crippen MR) is 108 cm³/mol. The molecule has 134 valence electrons. The van der Waals surface area contributed by atoms with Gasteiger partial charge in [0.1, 0.15) is 22.6 Å². The number of nitrogens with zero attached hydrogens (tertiary/aromatic N) is 3. The number of thiophene rings is 1. The Hall–Kier alpha value is -3.13.